The molecule has 104 valence electrons. The minimum absolute atomic E-state index is 0. The minimum atomic E-state index is -1.05. The number of nitrogens with one attached hydrogen (secondary N) is 1. The maximum atomic E-state index is 11.3. The van der Waals surface area contributed by atoms with E-state index in [0.717, 1.165) is 6.08 Å². The molecule has 0 rings (SSSR count). The number of carbonyl (C=O) groups excluding carboxylic acids is 2. The van der Waals surface area contributed by atoms with Gasteiger partial charge in [-0.05, 0) is 20.8 Å². The number of carbonyl (C=O) groups is 3. The van der Waals surface area contributed by atoms with Gasteiger partial charge in [0.1, 0.15) is 6.54 Å². The van der Waals surface area contributed by atoms with Crippen LogP contribution in [0.25, 0.3) is 0 Å². The Bertz CT molecular complexity index is 355. The van der Waals surface area contributed by atoms with Crippen LogP contribution in [0.4, 0.5) is 0 Å². The summed E-state index contributed by atoms with van der Waals surface area (Å²) in [5.74, 6) is -2.42. The molecule has 2 N–H and O–H groups in total. The zero-order chi connectivity index (χ0) is 14.1. The van der Waals surface area contributed by atoms with Crippen molar-refractivity contribution in [1.29, 1.82) is 0 Å². The Labute approximate surface area is 133 Å². The van der Waals surface area contributed by atoms with E-state index in [9.17, 15) is 14.4 Å². The summed E-state index contributed by atoms with van der Waals surface area (Å²) in [6, 6.07) is 0. The molecule has 7 nitrogen and oxygen atoms in total. The predicted octanol–water partition coefficient (Wildman–Crippen LogP) is -0.589. The molecule has 1 unspecified atom stereocenters. The van der Waals surface area contributed by atoms with Gasteiger partial charge in [0.2, 0.25) is 0 Å². The molecular weight excluding hydrogens is 265 g/mol. The summed E-state index contributed by atoms with van der Waals surface area (Å²) in [7, 11) is 0. The van der Waals surface area contributed by atoms with Crippen molar-refractivity contribution in [2.45, 2.75) is 26.9 Å². The summed E-state index contributed by atoms with van der Waals surface area (Å²) in [4.78, 5) is 32.8. The Morgan fingerprint density at radius 2 is 1.95 bits per heavy atom. The Morgan fingerprint density at radius 3 is 2.42 bits per heavy atom. The third-order valence-electron chi connectivity index (χ3n) is 1.76. The van der Waals surface area contributed by atoms with Crippen molar-refractivity contribution in [3.8, 4) is 0 Å². The zero-order valence-corrected chi connectivity index (χ0v) is 10.6. The monoisotopic (exact) mass is 283 g/mol. The quantitative estimate of drug-likeness (QED) is 0.366. The molecule has 0 amide bonds. The van der Waals surface area contributed by atoms with Gasteiger partial charge in [-0.2, -0.15) is 0 Å². The van der Waals surface area contributed by atoms with Crippen molar-refractivity contribution in [3.05, 3.63) is 11.8 Å². The number of allylic oxidation sites excluding steroid dienone is 1. The van der Waals surface area contributed by atoms with E-state index in [-0.39, 0.29) is 42.7 Å². The molecule has 1 atom stereocenters. The zero-order valence-electron chi connectivity index (χ0n) is 10.6. The summed E-state index contributed by atoms with van der Waals surface area (Å²) in [5.41, 5.74) is 0.332. The molecular formula is C11H18NNaO6. The van der Waals surface area contributed by atoms with E-state index >= 15 is 0 Å². The van der Waals surface area contributed by atoms with Crippen molar-refractivity contribution in [2.75, 3.05) is 13.2 Å². The van der Waals surface area contributed by atoms with Crippen LogP contribution in [0.2, 0.25) is 0 Å². The first-order valence-corrected chi connectivity index (χ1v) is 5.38. The summed E-state index contributed by atoms with van der Waals surface area (Å²) in [6.45, 7) is 4.45. The van der Waals surface area contributed by atoms with E-state index in [0.29, 0.717) is 5.70 Å². The number of hydrogen-bond acceptors (Lipinski definition) is 6. The molecule has 0 aliphatic heterocycles. The molecule has 0 bridgehead atoms. The van der Waals surface area contributed by atoms with Crippen molar-refractivity contribution >= 4 is 47.5 Å². The molecule has 0 saturated carbocycles. The van der Waals surface area contributed by atoms with E-state index in [1.807, 2.05) is 0 Å². The summed E-state index contributed by atoms with van der Waals surface area (Å²) in [6.07, 6.45) is 0.0690. The number of hydrogen-bond donors (Lipinski definition) is 2. The van der Waals surface area contributed by atoms with Crippen molar-refractivity contribution in [1.82, 2.24) is 5.32 Å². The molecule has 0 aliphatic rings. The second-order valence-electron chi connectivity index (χ2n) is 3.41. The van der Waals surface area contributed by atoms with Gasteiger partial charge in [0.15, 0.2) is 6.10 Å². The normalized spacial score (nSPS) is 11.8. The second-order valence-corrected chi connectivity index (χ2v) is 3.41. The number of carboxylic acids is 1. The molecule has 0 heterocycles. The van der Waals surface area contributed by atoms with Crippen LogP contribution in [0.5, 0.6) is 0 Å². The Kier molecular flexibility index (Phi) is 11.6. The number of ether oxygens (including phenoxy) is 2. The van der Waals surface area contributed by atoms with E-state index in [4.69, 9.17) is 9.84 Å². The molecule has 0 aromatic heterocycles. The van der Waals surface area contributed by atoms with Crippen LogP contribution in [0, 0.1) is 0 Å². The molecule has 0 aromatic rings. The fraction of sp³-hybridized carbons (Fsp3) is 0.545. The Balaban J connectivity index is 0. The predicted molar refractivity (Wildman–Crippen MR) is 68.7 cm³/mol. The van der Waals surface area contributed by atoms with E-state index in [2.05, 4.69) is 10.1 Å². The molecule has 0 saturated heterocycles. The van der Waals surface area contributed by atoms with Crippen molar-refractivity contribution in [2.24, 2.45) is 0 Å². The molecule has 0 spiro atoms. The van der Waals surface area contributed by atoms with Gasteiger partial charge >= 0.3 is 47.5 Å². The van der Waals surface area contributed by atoms with Crippen molar-refractivity contribution in [3.63, 3.8) is 0 Å². The van der Waals surface area contributed by atoms with Crippen LogP contribution in [-0.4, -0.2) is 71.8 Å². The number of rotatable bonds is 7. The van der Waals surface area contributed by atoms with Gasteiger partial charge in [-0.15, -0.1) is 0 Å². The van der Waals surface area contributed by atoms with Crippen LogP contribution >= 0.6 is 0 Å². The van der Waals surface area contributed by atoms with E-state index in [1.165, 1.54) is 13.8 Å². The van der Waals surface area contributed by atoms with Crippen LogP contribution in [-0.2, 0) is 23.9 Å². The Morgan fingerprint density at radius 1 is 1.37 bits per heavy atom. The average molecular weight is 283 g/mol. The van der Waals surface area contributed by atoms with E-state index < -0.39 is 24.0 Å². The van der Waals surface area contributed by atoms with Crippen LogP contribution in [0.15, 0.2) is 11.8 Å². The average Bonchev–Trinajstić information content (AvgIpc) is 2.26. The van der Waals surface area contributed by atoms with Crippen molar-refractivity contribution < 1.29 is 29.0 Å². The van der Waals surface area contributed by atoms with Crippen LogP contribution in [0.1, 0.15) is 20.8 Å². The van der Waals surface area contributed by atoms with Gasteiger partial charge in [0, 0.05) is 11.8 Å². The summed E-state index contributed by atoms with van der Waals surface area (Å²) >= 11 is 0. The molecule has 0 fully saturated rings. The third kappa shape index (κ3) is 10.5. The topological polar surface area (TPSA) is 102 Å². The first kappa shape index (κ1) is 20.3. The standard InChI is InChI=1S/C11H17NO6.Na.H/c1-4-17-11(16)8(3)18-10(15)5-7(2)12-6-9(13)14;;/h5,8,12H,4,6H2,1-3H3,(H,13,14);;/b7-5+;;. The number of esters is 2. The number of carboxylic acid groups (broad SMARTS) is 1. The second kappa shape index (κ2) is 10.8. The molecule has 0 aromatic carbocycles. The van der Waals surface area contributed by atoms with Gasteiger partial charge in [0.25, 0.3) is 0 Å². The summed E-state index contributed by atoms with van der Waals surface area (Å²) < 4.78 is 9.42. The molecule has 0 aliphatic carbocycles. The molecule has 8 heteroatoms. The van der Waals surface area contributed by atoms with Crippen LogP contribution in [0.3, 0.4) is 0 Å². The first-order valence-electron chi connectivity index (χ1n) is 5.38. The Hall–Kier alpha value is -1.05. The van der Waals surface area contributed by atoms with E-state index in [1.54, 1.807) is 6.92 Å². The molecule has 19 heavy (non-hydrogen) atoms. The van der Waals surface area contributed by atoms with Gasteiger partial charge < -0.3 is 19.9 Å². The van der Waals surface area contributed by atoms with Gasteiger partial charge in [-0.1, -0.05) is 0 Å². The maximum absolute atomic E-state index is 11.3. The third-order valence-corrected chi connectivity index (χ3v) is 1.76. The molecule has 0 radical (unpaired) electrons. The number of aliphatic carboxylic acids is 1. The van der Waals surface area contributed by atoms with Gasteiger partial charge in [-0.25, -0.2) is 9.59 Å². The van der Waals surface area contributed by atoms with Gasteiger partial charge in [0.05, 0.1) is 6.61 Å². The van der Waals surface area contributed by atoms with Gasteiger partial charge in [-0.3, -0.25) is 4.79 Å². The summed E-state index contributed by atoms with van der Waals surface area (Å²) in [5, 5.41) is 10.9. The fourth-order valence-corrected chi connectivity index (χ4v) is 0.959. The first-order chi connectivity index (χ1) is 8.36. The fourth-order valence-electron chi connectivity index (χ4n) is 0.959. The van der Waals surface area contributed by atoms with Crippen LogP contribution < -0.4 is 5.32 Å². The SMILES string of the molecule is CCOC(=O)C(C)OC(=O)/C=C(\C)NCC(=O)O.[NaH].